The second-order valence-electron chi connectivity index (χ2n) is 6.83. The van der Waals surface area contributed by atoms with Gasteiger partial charge in [0.2, 0.25) is 17.7 Å². The first-order valence-electron chi connectivity index (χ1n) is 8.71. The van der Waals surface area contributed by atoms with Gasteiger partial charge in [-0.15, -0.1) is 0 Å². The minimum absolute atomic E-state index is 0.0298. The predicted molar refractivity (Wildman–Crippen MR) is 107 cm³/mol. The van der Waals surface area contributed by atoms with Crippen molar-refractivity contribution in [3.8, 4) is 0 Å². The number of para-hydroxylation sites is 2. The second kappa shape index (κ2) is 6.81. The van der Waals surface area contributed by atoms with E-state index in [0.717, 1.165) is 15.7 Å². The molecule has 0 saturated carbocycles. The standard InChI is InChI=1S/C20H18BrN3O3/c1-12-8-14(6-7-15(12)21)23-10-13(9-19(23)26)20(27)24-11-18(25)22-16-4-2-3-5-17(16)24/h2-8,13H,9-11H2,1H3,(H,22,25). The summed E-state index contributed by atoms with van der Waals surface area (Å²) in [6.45, 7) is 2.25. The number of aryl methyl sites for hydroxylation is 1. The van der Waals surface area contributed by atoms with E-state index in [2.05, 4.69) is 21.2 Å². The fourth-order valence-electron chi connectivity index (χ4n) is 3.57. The van der Waals surface area contributed by atoms with Crippen molar-refractivity contribution in [2.24, 2.45) is 5.92 Å². The number of carbonyl (C=O) groups excluding carboxylic acids is 3. The van der Waals surface area contributed by atoms with Crippen molar-refractivity contribution in [2.45, 2.75) is 13.3 Å². The van der Waals surface area contributed by atoms with Crippen LogP contribution in [0.1, 0.15) is 12.0 Å². The second-order valence-corrected chi connectivity index (χ2v) is 7.68. The number of halogens is 1. The summed E-state index contributed by atoms with van der Waals surface area (Å²) in [7, 11) is 0. The molecule has 2 heterocycles. The predicted octanol–water partition coefficient (Wildman–Crippen LogP) is 3.10. The molecule has 0 spiro atoms. The lowest BCUT2D eigenvalue weighted by Crippen LogP contribution is -2.45. The number of fused-ring (bicyclic) bond motifs is 1. The van der Waals surface area contributed by atoms with Gasteiger partial charge in [0.25, 0.3) is 0 Å². The van der Waals surface area contributed by atoms with E-state index in [1.807, 2.05) is 37.3 Å². The van der Waals surface area contributed by atoms with Crippen LogP contribution in [-0.2, 0) is 14.4 Å². The highest BCUT2D eigenvalue weighted by atomic mass is 79.9. The number of benzene rings is 2. The monoisotopic (exact) mass is 427 g/mol. The Morgan fingerprint density at radius 1 is 1.19 bits per heavy atom. The van der Waals surface area contributed by atoms with Crippen LogP contribution in [0.25, 0.3) is 0 Å². The van der Waals surface area contributed by atoms with Crippen LogP contribution in [0, 0.1) is 12.8 Å². The number of anilines is 3. The highest BCUT2D eigenvalue weighted by Gasteiger charge is 2.39. The van der Waals surface area contributed by atoms with E-state index >= 15 is 0 Å². The fourth-order valence-corrected chi connectivity index (χ4v) is 3.82. The number of amides is 3. The summed E-state index contributed by atoms with van der Waals surface area (Å²) in [4.78, 5) is 40.8. The van der Waals surface area contributed by atoms with Crippen LogP contribution in [0.4, 0.5) is 17.1 Å². The molecule has 1 atom stereocenters. The highest BCUT2D eigenvalue weighted by Crippen LogP contribution is 2.33. The molecule has 138 valence electrons. The van der Waals surface area contributed by atoms with Gasteiger partial charge in [0, 0.05) is 23.1 Å². The zero-order valence-corrected chi connectivity index (χ0v) is 16.3. The quantitative estimate of drug-likeness (QED) is 0.800. The van der Waals surface area contributed by atoms with Gasteiger partial charge in [-0.1, -0.05) is 28.1 Å². The molecule has 2 aromatic carbocycles. The first-order chi connectivity index (χ1) is 12.9. The first-order valence-corrected chi connectivity index (χ1v) is 9.50. The Bertz CT molecular complexity index is 959. The van der Waals surface area contributed by atoms with Gasteiger partial charge in [0.1, 0.15) is 6.54 Å². The Morgan fingerprint density at radius 3 is 2.74 bits per heavy atom. The van der Waals surface area contributed by atoms with E-state index in [4.69, 9.17) is 0 Å². The van der Waals surface area contributed by atoms with Crippen molar-refractivity contribution in [2.75, 3.05) is 28.2 Å². The summed E-state index contributed by atoms with van der Waals surface area (Å²) in [5.41, 5.74) is 3.10. The third kappa shape index (κ3) is 3.23. The summed E-state index contributed by atoms with van der Waals surface area (Å²) in [5, 5.41) is 2.78. The van der Waals surface area contributed by atoms with Crippen LogP contribution in [-0.4, -0.2) is 30.8 Å². The molecule has 1 N–H and O–H groups in total. The molecular weight excluding hydrogens is 410 g/mol. The SMILES string of the molecule is Cc1cc(N2CC(C(=O)N3CC(=O)Nc4ccccc43)CC2=O)ccc1Br. The summed E-state index contributed by atoms with van der Waals surface area (Å²) in [5.74, 6) is -0.973. The van der Waals surface area contributed by atoms with E-state index in [0.29, 0.717) is 17.9 Å². The summed E-state index contributed by atoms with van der Waals surface area (Å²) in [6, 6.07) is 12.9. The van der Waals surface area contributed by atoms with E-state index in [-0.39, 0.29) is 30.7 Å². The maximum atomic E-state index is 13.1. The zero-order valence-electron chi connectivity index (χ0n) is 14.7. The minimum Gasteiger partial charge on any atom is -0.323 e. The molecule has 1 fully saturated rings. The minimum atomic E-state index is -0.472. The van der Waals surface area contributed by atoms with Gasteiger partial charge in [-0.3, -0.25) is 14.4 Å². The van der Waals surface area contributed by atoms with Crippen LogP contribution in [0.2, 0.25) is 0 Å². The van der Waals surface area contributed by atoms with Crippen LogP contribution < -0.4 is 15.1 Å². The third-order valence-electron chi connectivity index (χ3n) is 4.96. The molecule has 1 unspecified atom stereocenters. The van der Waals surface area contributed by atoms with Gasteiger partial charge in [-0.05, 0) is 42.8 Å². The highest BCUT2D eigenvalue weighted by molar-refractivity contribution is 9.10. The molecule has 0 aliphatic carbocycles. The van der Waals surface area contributed by atoms with Gasteiger partial charge in [0.15, 0.2) is 0 Å². The summed E-state index contributed by atoms with van der Waals surface area (Å²) < 4.78 is 0.974. The van der Waals surface area contributed by atoms with Crippen molar-refractivity contribution in [1.82, 2.24) is 0 Å². The molecule has 0 radical (unpaired) electrons. The Labute approximate surface area is 165 Å². The molecule has 2 aliphatic heterocycles. The topological polar surface area (TPSA) is 69.7 Å². The molecule has 0 bridgehead atoms. The molecule has 7 heteroatoms. The van der Waals surface area contributed by atoms with Crippen LogP contribution in [0.15, 0.2) is 46.9 Å². The Balaban J connectivity index is 1.58. The van der Waals surface area contributed by atoms with Crippen LogP contribution in [0.3, 0.4) is 0 Å². The van der Waals surface area contributed by atoms with Gasteiger partial charge < -0.3 is 15.1 Å². The van der Waals surface area contributed by atoms with Crippen molar-refractivity contribution in [1.29, 1.82) is 0 Å². The number of nitrogens with one attached hydrogen (secondary N) is 1. The van der Waals surface area contributed by atoms with Gasteiger partial charge in [0.05, 0.1) is 17.3 Å². The largest absolute Gasteiger partial charge is 0.323 e. The summed E-state index contributed by atoms with van der Waals surface area (Å²) >= 11 is 3.46. The Hall–Kier alpha value is -2.67. The van der Waals surface area contributed by atoms with Crippen molar-refractivity contribution >= 4 is 50.7 Å². The van der Waals surface area contributed by atoms with E-state index in [1.165, 1.54) is 4.90 Å². The lowest BCUT2D eigenvalue weighted by atomic mass is 10.1. The number of hydrogen-bond donors (Lipinski definition) is 1. The maximum absolute atomic E-state index is 13.1. The molecule has 6 nitrogen and oxygen atoms in total. The number of rotatable bonds is 2. The van der Waals surface area contributed by atoms with E-state index in [9.17, 15) is 14.4 Å². The zero-order chi connectivity index (χ0) is 19.1. The van der Waals surface area contributed by atoms with Crippen LogP contribution in [0.5, 0.6) is 0 Å². The Kier molecular flexibility index (Phi) is 4.47. The number of carbonyl (C=O) groups is 3. The number of hydrogen-bond acceptors (Lipinski definition) is 3. The van der Waals surface area contributed by atoms with E-state index < -0.39 is 5.92 Å². The van der Waals surface area contributed by atoms with Crippen molar-refractivity contribution in [3.05, 3.63) is 52.5 Å². The van der Waals surface area contributed by atoms with Gasteiger partial charge in [-0.25, -0.2) is 0 Å². The van der Waals surface area contributed by atoms with Gasteiger partial charge in [-0.2, -0.15) is 0 Å². The molecule has 2 aromatic rings. The lowest BCUT2D eigenvalue weighted by Gasteiger charge is -2.30. The molecule has 27 heavy (non-hydrogen) atoms. The molecular formula is C20H18BrN3O3. The number of nitrogens with zero attached hydrogens (tertiary/aromatic N) is 2. The molecule has 2 aliphatic rings. The lowest BCUT2D eigenvalue weighted by molar-refractivity contribution is -0.125. The third-order valence-corrected chi connectivity index (χ3v) is 5.85. The summed E-state index contributed by atoms with van der Waals surface area (Å²) in [6.07, 6.45) is 0.147. The van der Waals surface area contributed by atoms with Crippen molar-refractivity contribution in [3.63, 3.8) is 0 Å². The van der Waals surface area contributed by atoms with Gasteiger partial charge >= 0.3 is 0 Å². The molecule has 4 rings (SSSR count). The fraction of sp³-hybridized carbons (Fsp3) is 0.250. The van der Waals surface area contributed by atoms with Crippen LogP contribution >= 0.6 is 15.9 Å². The first kappa shape index (κ1) is 17.7. The average Bonchev–Trinajstić information content (AvgIpc) is 3.04. The average molecular weight is 428 g/mol. The maximum Gasteiger partial charge on any atom is 0.244 e. The van der Waals surface area contributed by atoms with E-state index in [1.54, 1.807) is 17.0 Å². The Morgan fingerprint density at radius 2 is 1.96 bits per heavy atom. The molecule has 0 aromatic heterocycles. The molecule has 3 amide bonds. The van der Waals surface area contributed by atoms with Crippen molar-refractivity contribution < 1.29 is 14.4 Å². The molecule has 1 saturated heterocycles. The normalized spacial score (nSPS) is 19.1. The smallest absolute Gasteiger partial charge is 0.244 e.